The summed E-state index contributed by atoms with van der Waals surface area (Å²) in [5.74, 6) is 0.139. The Morgan fingerprint density at radius 3 is 2.31 bits per heavy atom. The van der Waals surface area contributed by atoms with E-state index < -0.39 is 0 Å². The SMILES string of the molecule is CCN(CC)CCNC(=O)CCNC(C)C. The van der Waals surface area contributed by atoms with Crippen LogP contribution in [0.5, 0.6) is 0 Å². The lowest BCUT2D eigenvalue weighted by molar-refractivity contribution is -0.121. The quantitative estimate of drug-likeness (QED) is 0.615. The van der Waals surface area contributed by atoms with Gasteiger partial charge in [-0.2, -0.15) is 0 Å². The van der Waals surface area contributed by atoms with Crippen molar-refractivity contribution in [2.45, 2.75) is 40.2 Å². The molecule has 96 valence electrons. The first-order valence-electron chi connectivity index (χ1n) is 6.32. The molecule has 0 aromatic rings. The first-order chi connectivity index (χ1) is 7.60. The number of nitrogens with one attached hydrogen (secondary N) is 2. The summed E-state index contributed by atoms with van der Waals surface area (Å²) in [5, 5.41) is 6.16. The molecule has 16 heavy (non-hydrogen) atoms. The highest BCUT2D eigenvalue weighted by molar-refractivity contribution is 5.76. The molecule has 0 fully saturated rings. The molecule has 0 aromatic heterocycles. The predicted molar refractivity (Wildman–Crippen MR) is 68.6 cm³/mol. The van der Waals surface area contributed by atoms with Crippen LogP contribution in [-0.4, -0.2) is 49.6 Å². The number of carbonyl (C=O) groups excluding carboxylic acids is 1. The third-order valence-electron chi connectivity index (χ3n) is 2.55. The van der Waals surface area contributed by atoms with Gasteiger partial charge >= 0.3 is 0 Å². The van der Waals surface area contributed by atoms with Gasteiger partial charge in [0, 0.05) is 32.1 Å². The zero-order valence-corrected chi connectivity index (χ0v) is 11.2. The molecule has 0 heterocycles. The van der Waals surface area contributed by atoms with E-state index in [-0.39, 0.29) is 5.91 Å². The molecule has 0 saturated heterocycles. The topological polar surface area (TPSA) is 44.4 Å². The lowest BCUT2D eigenvalue weighted by Crippen LogP contribution is -2.36. The average Bonchev–Trinajstić information content (AvgIpc) is 2.24. The molecule has 0 spiro atoms. The Morgan fingerprint density at radius 1 is 1.19 bits per heavy atom. The molecule has 0 atom stereocenters. The first kappa shape index (κ1) is 15.4. The fraction of sp³-hybridized carbons (Fsp3) is 0.917. The van der Waals surface area contributed by atoms with Crippen molar-refractivity contribution in [2.75, 3.05) is 32.7 Å². The Hall–Kier alpha value is -0.610. The van der Waals surface area contributed by atoms with Crippen LogP contribution in [0.3, 0.4) is 0 Å². The van der Waals surface area contributed by atoms with Crippen LogP contribution in [0.15, 0.2) is 0 Å². The number of nitrogens with zero attached hydrogens (tertiary/aromatic N) is 1. The summed E-state index contributed by atoms with van der Waals surface area (Å²) < 4.78 is 0. The van der Waals surface area contributed by atoms with Gasteiger partial charge in [0.15, 0.2) is 0 Å². The Morgan fingerprint density at radius 2 is 1.81 bits per heavy atom. The second kappa shape index (κ2) is 9.60. The average molecular weight is 229 g/mol. The van der Waals surface area contributed by atoms with Crippen LogP contribution in [0, 0.1) is 0 Å². The maximum atomic E-state index is 11.4. The second-order valence-corrected chi connectivity index (χ2v) is 4.24. The number of hydrogen-bond donors (Lipinski definition) is 2. The highest BCUT2D eigenvalue weighted by Gasteiger charge is 2.02. The molecule has 0 aliphatic carbocycles. The largest absolute Gasteiger partial charge is 0.355 e. The van der Waals surface area contributed by atoms with Gasteiger partial charge in [0.25, 0.3) is 0 Å². The minimum atomic E-state index is 0.139. The van der Waals surface area contributed by atoms with Crippen molar-refractivity contribution in [3.8, 4) is 0 Å². The number of hydrogen-bond acceptors (Lipinski definition) is 3. The van der Waals surface area contributed by atoms with E-state index in [0.717, 1.165) is 32.7 Å². The van der Waals surface area contributed by atoms with Gasteiger partial charge in [0.2, 0.25) is 5.91 Å². The van der Waals surface area contributed by atoms with Gasteiger partial charge in [0.1, 0.15) is 0 Å². The fourth-order valence-electron chi connectivity index (χ4n) is 1.46. The van der Waals surface area contributed by atoms with Gasteiger partial charge in [-0.15, -0.1) is 0 Å². The summed E-state index contributed by atoms with van der Waals surface area (Å²) in [4.78, 5) is 13.7. The van der Waals surface area contributed by atoms with Gasteiger partial charge in [0.05, 0.1) is 0 Å². The van der Waals surface area contributed by atoms with Crippen LogP contribution in [0.2, 0.25) is 0 Å². The molecular formula is C12H27N3O. The summed E-state index contributed by atoms with van der Waals surface area (Å²) in [6, 6.07) is 0.448. The number of carbonyl (C=O) groups is 1. The van der Waals surface area contributed by atoms with Crippen LogP contribution in [-0.2, 0) is 4.79 Å². The Kier molecular flexibility index (Phi) is 9.24. The number of likely N-dealkylation sites (N-methyl/N-ethyl adjacent to an activating group) is 1. The summed E-state index contributed by atoms with van der Waals surface area (Å²) >= 11 is 0. The minimum absolute atomic E-state index is 0.139. The van der Waals surface area contributed by atoms with E-state index in [1.165, 1.54) is 0 Å². The van der Waals surface area contributed by atoms with E-state index in [4.69, 9.17) is 0 Å². The van der Waals surface area contributed by atoms with E-state index in [9.17, 15) is 4.79 Å². The van der Waals surface area contributed by atoms with Crippen molar-refractivity contribution in [2.24, 2.45) is 0 Å². The fourth-order valence-corrected chi connectivity index (χ4v) is 1.46. The maximum Gasteiger partial charge on any atom is 0.221 e. The normalized spacial score (nSPS) is 11.1. The van der Waals surface area contributed by atoms with Crippen molar-refractivity contribution in [1.82, 2.24) is 15.5 Å². The van der Waals surface area contributed by atoms with E-state index in [1.54, 1.807) is 0 Å². The van der Waals surface area contributed by atoms with Crippen molar-refractivity contribution < 1.29 is 4.79 Å². The molecule has 4 nitrogen and oxygen atoms in total. The Balaban J connectivity index is 3.43. The molecular weight excluding hydrogens is 202 g/mol. The van der Waals surface area contributed by atoms with E-state index in [2.05, 4.69) is 43.2 Å². The third-order valence-corrected chi connectivity index (χ3v) is 2.55. The molecule has 2 N–H and O–H groups in total. The lowest BCUT2D eigenvalue weighted by Gasteiger charge is -2.18. The molecule has 0 bridgehead atoms. The molecule has 0 radical (unpaired) electrons. The molecule has 0 aliphatic rings. The maximum absolute atomic E-state index is 11.4. The van der Waals surface area contributed by atoms with Crippen molar-refractivity contribution in [3.05, 3.63) is 0 Å². The van der Waals surface area contributed by atoms with Gasteiger partial charge < -0.3 is 15.5 Å². The van der Waals surface area contributed by atoms with Crippen molar-refractivity contribution >= 4 is 5.91 Å². The molecule has 0 saturated carbocycles. The molecule has 0 unspecified atom stereocenters. The van der Waals surface area contributed by atoms with E-state index in [1.807, 2.05) is 0 Å². The van der Waals surface area contributed by atoms with Crippen molar-refractivity contribution in [3.63, 3.8) is 0 Å². The number of amides is 1. The predicted octanol–water partition coefficient (Wildman–Crippen LogP) is 0.833. The highest BCUT2D eigenvalue weighted by atomic mass is 16.1. The molecule has 0 rings (SSSR count). The smallest absolute Gasteiger partial charge is 0.221 e. The lowest BCUT2D eigenvalue weighted by atomic mass is 10.3. The number of rotatable bonds is 9. The molecule has 4 heteroatoms. The highest BCUT2D eigenvalue weighted by Crippen LogP contribution is 1.85. The van der Waals surface area contributed by atoms with E-state index >= 15 is 0 Å². The molecule has 0 aromatic carbocycles. The zero-order chi connectivity index (χ0) is 12.4. The van der Waals surface area contributed by atoms with Crippen LogP contribution in [0.25, 0.3) is 0 Å². The Labute approximate surface area is 99.8 Å². The van der Waals surface area contributed by atoms with Gasteiger partial charge in [-0.1, -0.05) is 27.7 Å². The monoisotopic (exact) mass is 229 g/mol. The minimum Gasteiger partial charge on any atom is -0.355 e. The first-order valence-corrected chi connectivity index (χ1v) is 6.32. The second-order valence-electron chi connectivity index (χ2n) is 4.24. The summed E-state index contributed by atoms with van der Waals surface area (Å²) in [6.45, 7) is 13.0. The summed E-state index contributed by atoms with van der Waals surface area (Å²) in [6.07, 6.45) is 0.566. The molecule has 0 aliphatic heterocycles. The van der Waals surface area contributed by atoms with Crippen molar-refractivity contribution in [1.29, 1.82) is 0 Å². The zero-order valence-electron chi connectivity index (χ0n) is 11.2. The van der Waals surface area contributed by atoms with Crippen LogP contribution in [0.1, 0.15) is 34.1 Å². The Bertz CT molecular complexity index is 179. The van der Waals surface area contributed by atoms with Gasteiger partial charge in [-0.25, -0.2) is 0 Å². The van der Waals surface area contributed by atoms with E-state index in [0.29, 0.717) is 12.5 Å². The van der Waals surface area contributed by atoms with Crippen LogP contribution < -0.4 is 10.6 Å². The van der Waals surface area contributed by atoms with Crippen LogP contribution >= 0.6 is 0 Å². The molecule has 1 amide bonds. The van der Waals surface area contributed by atoms with Gasteiger partial charge in [-0.3, -0.25) is 4.79 Å². The van der Waals surface area contributed by atoms with Gasteiger partial charge in [-0.05, 0) is 13.1 Å². The summed E-state index contributed by atoms with van der Waals surface area (Å²) in [7, 11) is 0. The standard InChI is InChI=1S/C12H27N3O/c1-5-15(6-2)10-9-14-12(16)7-8-13-11(3)4/h11,13H,5-10H2,1-4H3,(H,14,16). The summed E-state index contributed by atoms with van der Waals surface area (Å²) in [5.41, 5.74) is 0. The van der Waals surface area contributed by atoms with Crippen LogP contribution in [0.4, 0.5) is 0 Å². The third kappa shape index (κ3) is 8.68.